The normalized spacial score (nSPS) is 15.9. The summed E-state index contributed by atoms with van der Waals surface area (Å²) in [5.41, 5.74) is 3.27. The molecule has 0 saturated carbocycles. The Labute approximate surface area is 155 Å². The van der Waals surface area contributed by atoms with Crippen LogP contribution in [0, 0.1) is 0 Å². The Morgan fingerprint density at radius 1 is 1.19 bits per heavy atom. The molecular weight excluding hydrogens is 326 g/mol. The van der Waals surface area contributed by atoms with Crippen LogP contribution in [-0.4, -0.2) is 25.2 Å². The van der Waals surface area contributed by atoms with E-state index in [-0.39, 0.29) is 17.4 Å². The molecule has 0 spiro atoms. The lowest BCUT2D eigenvalue weighted by Gasteiger charge is -2.19. The van der Waals surface area contributed by atoms with Crippen LogP contribution in [0.5, 0.6) is 11.5 Å². The first kappa shape index (κ1) is 18.3. The first-order valence-corrected chi connectivity index (χ1v) is 9.18. The van der Waals surface area contributed by atoms with Gasteiger partial charge >= 0.3 is 0 Å². The standard InChI is InChI=1S/C22H27NO3/c1-5-25-18-9-6-15(7-10-18)21(24)23-14-19-13-16-12-17(22(2,3)4)8-11-20(16)26-19/h6-12,19H,5,13-14H2,1-4H3,(H,23,24)/t19-/m0/s1. The van der Waals surface area contributed by atoms with Gasteiger partial charge < -0.3 is 14.8 Å². The van der Waals surface area contributed by atoms with Crippen molar-refractivity contribution in [2.45, 2.75) is 45.6 Å². The molecule has 0 bridgehead atoms. The Kier molecular flexibility index (Phi) is 5.21. The Bertz CT molecular complexity index is 775. The van der Waals surface area contributed by atoms with Crippen LogP contribution in [0.15, 0.2) is 42.5 Å². The van der Waals surface area contributed by atoms with E-state index in [2.05, 4.69) is 38.2 Å². The molecule has 1 heterocycles. The highest BCUT2D eigenvalue weighted by Gasteiger charge is 2.25. The molecule has 0 unspecified atom stereocenters. The van der Waals surface area contributed by atoms with E-state index < -0.39 is 0 Å². The minimum atomic E-state index is -0.0945. The number of ether oxygens (including phenoxy) is 2. The lowest BCUT2D eigenvalue weighted by molar-refractivity contribution is 0.0933. The fourth-order valence-electron chi connectivity index (χ4n) is 3.08. The molecule has 138 valence electrons. The van der Waals surface area contributed by atoms with E-state index in [0.717, 1.165) is 17.9 Å². The number of hydrogen-bond acceptors (Lipinski definition) is 3. The summed E-state index contributed by atoms with van der Waals surface area (Å²) < 4.78 is 11.4. The number of rotatable bonds is 5. The summed E-state index contributed by atoms with van der Waals surface area (Å²) in [5, 5.41) is 2.97. The Hall–Kier alpha value is -2.49. The molecule has 1 amide bonds. The van der Waals surface area contributed by atoms with E-state index in [1.807, 2.05) is 25.1 Å². The minimum absolute atomic E-state index is 0.0214. The Morgan fingerprint density at radius 3 is 2.58 bits per heavy atom. The van der Waals surface area contributed by atoms with E-state index in [4.69, 9.17) is 9.47 Å². The van der Waals surface area contributed by atoms with Gasteiger partial charge in [0.1, 0.15) is 17.6 Å². The second-order valence-corrected chi connectivity index (χ2v) is 7.68. The van der Waals surface area contributed by atoms with Gasteiger partial charge in [0.2, 0.25) is 0 Å². The predicted molar refractivity (Wildman–Crippen MR) is 103 cm³/mol. The molecule has 1 aliphatic rings. The van der Waals surface area contributed by atoms with Crippen LogP contribution in [0.2, 0.25) is 0 Å². The largest absolute Gasteiger partial charge is 0.494 e. The zero-order valence-corrected chi connectivity index (χ0v) is 16.0. The molecule has 1 aliphatic heterocycles. The summed E-state index contributed by atoms with van der Waals surface area (Å²) >= 11 is 0. The average molecular weight is 353 g/mol. The number of carbonyl (C=O) groups excluding carboxylic acids is 1. The number of hydrogen-bond donors (Lipinski definition) is 1. The molecule has 0 aromatic heterocycles. The van der Waals surface area contributed by atoms with Gasteiger partial charge in [-0.2, -0.15) is 0 Å². The number of fused-ring (bicyclic) bond motifs is 1. The molecule has 2 aromatic carbocycles. The van der Waals surface area contributed by atoms with Crippen molar-refractivity contribution in [3.8, 4) is 11.5 Å². The highest BCUT2D eigenvalue weighted by molar-refractivity contribution is 5.94. The molecule has 3 rings (SSSR count). The molecule has 0 saturated heterocycles. The van der Waals surface area contributed by atoms with Gasteiger partial charge in [-0.1, -0.05) is 32.9 Å². The van der Waals surface area contributed by atoms with Gasteiger partial charge in [-0.3, -0.25) is 4.79 Å². The topological polar surface area (TPSA) is 47.6 Å². The SMILES string of the molecule is CCOc1ccc(C(=O)NC[C@@H]2Cc3cc(C(C)(C)C)ccc3O2)cc1. The van der Waals surface area contributed by atoms with Crippen LogP contribution in [-0.2, 0) is 11.8 Å². The van der Waals surface area contributed by atoms with Gasteiger partial charge in [0.05, 0.1) is 13.2 Å². The van der Waals surface area contributed by atoms with Crippen molar-refractivity contribution in [2.75, 3.05) is 13.2 Å². The molecule has 0 aliphatic carbocycles. The summed E-state index contributed by atoms with van der Waals surface area (Å²) in [5.74, 6) is 1.61. The van der Waals surface area contributed by atoms with Crippen LogP contribution >= 0.6 is 0 Å². The van der Waals surface area contributed by atoms with Gasteiger partial charge in [-0.15, -0.1) is 0 Å². The predicted octanol–water partition coefficient (Wildman–Crippen LogP) is 4.12. The van der Waals surface area contributed by atoms with Crippen LogP contribution < -0.4 is 14.8 Å². The van der Waals surface area contributed by atoms with Crippen molar-refractivity contribution < 1.29 is 14.3 Å². The highest BCUT2D eigenvalue weighted by atomic mass is 16.5. The number of benzene rings is 2. The van der Waals surface area contributed by atoms with Crippen molar-refractivity contribution in [3.63, 3.8) is 0 Å². The van der Waals surface area contributed by atoms with Crippen LogP contribution in [0.25, 0.3) is 0 Å². The summed E-state index contributed by atoms with van der Waals surface area (Å²) in [6.45, 7) is 9.66. The van der Waals surface area contributed by atoms with Crippen LogP contribution in [0.3, 0.4) is 0 Å². The van der Waals surface area contributed by atoms with Crippen molar-refractivity contribution in [1.82, 2.24) is 5.32 Å². The first-order valence-electron chi connectivity index (χ1n) is 9.18. The van der Waals surface area contributed by atoms with E-state index in [9.17, 15) is 4.79 Å². The van der Waals surface area contributed by atoms with E-state index in [0.29, 0.717) is 18.7 Å². The lowest BCUT2D eigenvalue weighted by Crippen LogP contribution is -2.34. The van der Waals surface area contributed by atoms with Gasteiger partial charge in [0, 0.05) is 12.0 Å². The minimum Gasteiger partial charge on any atom is -0.494 e. The van der Waals surface area contributed by atoms with E-state index >= 15 is 0 Å². The fraction of sp³-hybridized carbons (Fsp3) is 0.409. The third kappa shape index (κ3) is 4.18. The maximum absolute atomic E-state index is 12.3. The van der Waals surface area contributed by atoms with Gasteiger partial charge in [0.15, 0.2) is 0 Å². The molecule has 1 N–H and O–H groups in total. The summed E-state index contributed by atoms with van der Waals surface area (Å²) in [6.07, 6.45) is 0.801. The van der Waals surface area contributed by atoms with Gasteiger partial charge in [-0.05, 0) is 53.8 Å². The number of nitrogens with one attached hydrogen (secondary N) is 1. The maximum atomic E-state index is 12.3. The molecule has 26 heavy (non-hydrogen) atoms. The highest BCUT2D eigenvalue weighted by Crippen LogP contribution is 2.33. The van der Waals surface area contributed by atoms with Crippen LogP contribution in [0.4, 0.5) is 0 Å². The molecule has 0 radical (unpaired) electrons. The van der Waals surface area contributed by atoms with Crippen molar-refractivity contribution in [2.24, 2.45) is 0 Å². The van der Waals surface area contributed by atoms with Crippen molar-refractivity contribution in [3.05, 3.63) is 59.2 Å². The van der Waals surface area contributed by atoms with E-state index in [1.165, 1.54) is 11.1 Å². The van der Waals surface area contributed by atoms with Gasteiger partial charge in [0.25, 0.3) is 5.91 Å². The monoisotopic (exact) mass is 353 g/mol. The Balaban J connectivity index is 1.56. The molecule has 2 aromatic rings. The zero-order valence-electron chi connectivity index (χ0n) is 16.0. The smallest absolute Gasteiger partial charge is 0.251 e. The van der Waals surface area contributed by atoms with E-state index in [1.54, 1.807) is 12.1 Å². The van der Waals surface area contributed by atoms with Gasteiger partial charge in [-0.25, -0.2) is 0 Å². The average Bonchev–Trinajstić information content (AvgIpc) is 3.02. The summed E-state index contributed by atoms with van der Waals surface area (Å²) in [7, 11) is 0. The lowest BCUT2D eigenvalue weighted by atomic mass is 9.86. The quantitative estimate of drug-likeness (QED) is 0.880. The second-order valence-electron chi connectivity index (χ2n) is 7.68. The molecule has 4 heteroatoms. The molecule has 0 fully saturated rings. The second kappa shape index (κ2) is 7.40. The third-order valence-corrected chi connectivity index (χ3v) is 4.59. The fourth-order valence-corrected chi connectivity index (χ4v) is 3.08. The van der Waals surface area contributed by atoms with Crippen molar-refractivity contribution in [1.29, 1.82) is 0 Å². The summed E-state index contributed by atoms with van der Waals surface area (Å²) in [6, 6.07) is 13.6. The first-order chi connectivity index (χ1) is 12.4. The van der Waals surface area contributed by atoms with Crippen molar-refractivity contribution >= 4 is 5.91 Å². The third-order valence-electron chi connectivity index (χ3n) is 4.59. The Morgan fingerprint density at radius 2 is 1.92 bits per heavy atom. The van der Waals surface area contributed by atoms with Crippen LogP contribution in [0.1, 0.15) is 49.2 Å². The molecular formula is C22H27NO3. The summed E-state index contributed by atoms with van der Waals surface area (Å²) in [4.78, 5) is 12.3. The molecule has 1 atom stereocenters. The number of amides is 1. The molecule has 4 nitrogen and oxygen atoms in total. The maximum Gasteiger partial charge on any atom is 0.251 e. The number of carbonyl (C=O) groups is 1. The zero-order chi connectivity index (χ0) is 18.7.